The molecule has 1 aliphatic heterocycles. The molecule has 1 aromatic heterocycles. The summed E-state index contributed by atoms with van der Waals surface area (Å²) in [5.41, 5.74) is 8.95. The van der Waals surface area contributed by atoms with E-state index in [1.165, 1.54) is 0 Å². The molecule has 6 nitrogen and oxygen atoms in total. The van der Waals surface area contributed by atoms with Gasteiger partial charge in [-0.1, -0.05) is 12.7 Å². The van der Waals surface area contributed by atoms with Crippen molar-refractivity contribution in [1.29, 1.82) is 5.26 Å². The Kier molecular flexibility index (Phi) is 5.24. The number of aromatic amines is 1. The molecule has 8 heteroatoms. The third kappa shape index (κ3) is 3.22. The first-order valence-electron chi connectivity index (χ1n) is 7.33. The Balaban J connectivity index is 2.16. The van der Waals surface area contributed by atoms with Crippen molar-refractivity contribution in [2.24, 2.45) is 5.73 Å². The van der Waals surface area contributed by atoms with E-state index in [1.54, 1.807) is 6.08 Å². The quantitative estimate of drug-likeness (QED) is 0.440. The summed E-state index contributed by atoms with van der Waals surface area (Å²) in [7, 11) is 0. The molecule has 1 aromatic carbocycles. The first kappa shape index (κ1) is 18.1. The molecule has 1 atom stereocenters. The highest BCUT2D eigenvalue weighted by Gasteiger charge is 2.34. The van der Waals surface area contributed by atoms with Crippen LogP contribution < -0.4 is 15.2 Å². The third-order valence-electron chi connectivity index (χ3n) is 3.83. The molecule has 0 amide bonds. The van der Waals surface area contributed by atoms with E-state index in [1.807, 2.05) is 19.1 Å². The standard InChI is InChI=1S/C17H14I2N4O2/c1-3-4-24-15-11(18)5-9(6-12(15)19)14-10(7-20)16(21)25-17-13(14)8(2)22-23-17/h3,5-6,14H,1,4,21H2,2H3,(H,22,23)/t14-/m1/s1. The number of nitrogens with two attached hydrogens (primary N) is 1. The number of nitrogens with zero attached hydrogens (tertiary/aromatic N) is 2. The zero-order chi connectivity index (χ0) is 18.1. The number of halogens is 2. The monoisotopic (exact) mass is 560 g/mol. The lowest BCUT2D eigenvalue weighted by Gasteiger charge is -2.24. The lowest BCUT2D eigenvalue weighted by Crippen LogP contribution is -2.21. The number of nitriles is 1. The number of fused-ring (bicyclic) bond motifs is 1. The molecule has 0 unspecified atom stereocenters. The summed E-state index contributed by atoms with van der Waals surface area (Å²) < 4.78 is 13.1. The average Bonchev–Trinajstić information content (AvgIpc) is 2.93. The van der Waals surface area contributed by atoms with Gasteiger partial charge in [0.1, 0.15) is 24.0 Å². The number of aryl methyl sites for hydroxylation is 1. The van der Waals surface area contributed by atoms with Crippen LogP contribution in [0.4, 0.5) is 0 Å². The van der Waals surface area contributed by atoms with Gasteiger partial charge in [-0.2, -0.15) is 5.26 Å². The van der Waals surface area contributed by atoms with Gasteiger partial charge in [-0.05, 0) is 69.8 Å². The fraction of sp³-hybridized carbons (Fsp3) is 0.176. The number of nitrogens with one attached hydrogen (secondary N) is 1. The summed E-state index contributed by atoms with van der Waals surface area (Å²) in [6.07, 6.45) is 1.71. The van der Waals surface area contributed by atoms with Gasteiger partial charge < -0.3 is 15.2 Å². The van der Waals surface area contributed by atoms with Crippen LogP contribution in [0.15, 0.2) is 36.2 Å². The van der Waals surface area contributed by atoms with Gasteiger partial charge in [-0.15, -0.1) is 5.10 Å². The summed E-state index contributed by atoms with van der Waals surface area (Å²) in [5, 5.41) is 16.7. The molecule has 2 aromatic rings. The van der Waals surface area contributed by atoms with Crippen LogP contribution in [0.25, 0.3) is 0 Å². The van der Waals surface area contributed by atoms with Crippen LogP contribution >= 0.6 is 45.2 Å². The molecule has 3 N–H and O–H groups in total. The van der Waals surface area contributed by atoms with E-state index in [9.17, 15) is 5.26 Å². The SMILES string of the molecule is C=CCOc1c(I)cc([C@@H]2C(C#N)=C(N)Oc3n[nH]c(C)c32)cc1I. The topological polar surface area (TPSA) is 96.9 Å². The van der Waals surface area contributed by atoms with E-state index in [2.05, 4.69) is 68.0 Å². The predicted molar refractivity (Wildman–Crippen MR) is 110 cm³/mol. The normalized spacial score (nSPS) is 16.0. The Hall–Kier alpha value is -1.74. The Bertz CT molecular complexity index is 904. The van der Waals surface area contributed by atoms with Gasteiger partial charge >= 0.3 is 0 Å². The van der Waals surface area contributed by atoms with E-state index in [4.69, 9.17) is 15.2 Å². The second-order valence-corrected chi connectivity index (χ2v) is 7.73. The van der Waals surface area contributed by atoms with Gasteiger partial charge in [0.2, 0.25) is 11.8 Å². The molecule has 0 bridgehead atoms. The number of aromatic nitrogens is 2. The van der Waals surface area contributed by atoms with Gasteiger partial charge in [-0.25, -0.2) is 0 Å². The van der Waals surface area contributed by atoms with Crippen LogP contribution in [-0.2, 0) is 0 Å². The third-order valence-corrected chi connectivity index (χ3v) is 5.43. The molecule has 3 rings (SSSR count). The highest BCUT2D eigenvalue weighted by Crippen LogP contribution is 2.44. The Morgan fingerprint density at radius 1 is 1.48 bits per heavy atom. The van der Waals surface area contributed by atoms with E-state index in [-0.39, 0.29) is 11.8 Å². The van der Waals surface area contributed by atoms with E-state index in [0.29, 0.717) is 18.1 Å². The molecular weight excluding hydrogens is 546 g/mol. The minimum absolute atomic E-state index is 0.0866. The maximum atomic E-state index is 9.62. The molecule has 1 aliphatic rings. The van der Waals surface area contributed by atoms with Crippen LogP contribution in [0.1, 0.15) is 22.7 Å². The van der Waals surface area contributed by atoms with Gasteiger partial charge in [0.25, 0.3) is 0 Å². The molecular formula is C17H14I2N4O2. The van der Waals surface area contributed by atoms with Crippen molar-refractivity contribution in [3.63, 3.8) is 0 Å². The lowest BCUT2D eigenvalue weighted by molar-refractivity contribution is 0.357. The first-order chi connectivity index (χ1) is 12.0. The van der Waals surface area contributed by atoms with Crippen LogP contribution in [0.3, 0.4) is 0 Å². The molecule has 0 spiro atoms. The largest absolute Gasteiger partial charge is 0.487 e. The summed E-state index contributed by atoms with van der Waals surface area (Å²) >= 11 is 4.46. The maximum Gasteiger partial charge on any atom is 0.244 e. The molecule has 25 heavy (non-hydrogen) atoms. The minimum atomic E-state index is -0.331. The van der Waals surface area contributed by atoms with Crippen LogP contribution in [0.2, 0.25) is 0 Å². The zero-order valence-corrected chi connectivity index (χ0v) is 17.6. The number of hydrogen-bond acceptors (Lipinski definition) is 5. The van der Waals surface area contributed by atoms with Crippen LogP contribution in [0.5, 0.6) is 11.6 Å². The number of benzene rings is 1. The molecule has 2 heterocycles. The van der Waals surface area contributed by atoms with Crippen molar-refractivity contribution >= 4 is 45.2 Å². The molecule has 128 valence electrons. The van der Waals surface area contributed by atoms with Crippen molar-refractivity contribution in [3.8, 4) is 17.7 Å². The first-order valence-corrected chi connectivity index (χ1v) is 9.48. The summed E-state index contributed by atoms with van der Waals surface area (Å²) in [6, 6.07) is 6.18. The number of rotatable bonds is 4. The average molecular weight is 560 g/mol. The van der Waals surface area contributed by atoms with Gasteiger partial charge in [0.05, 0.1) is 13.1 Å². The van der Waals surface area contributed by atoms with E-state index < -0.39 is 0 Å². The Morgan fingerprint density at radius 2 is 2.16 bits per heavy atom. The highest BCUT2D eigenvalue weighted by molar-refractivity contribution is 14.1. The van der Waals surface area contributed by atoms with Gasteiger partial charge in [-0.3, -0.25) is 5.10 Å². The number of allylic oxidation sites excluding steroid dienone is 1. The maximum absolute atomic E-state index is 9.62. The van der Waals surface area contributed by atoms with Crippen molar-refractivity contribution in [2.75, 3.05) is 6.61 Å². The van der Waals surface area contributed by atoms with Crippen molar-refractivity contribution in [3.05, 3.63) is 60.2 Å². The summed E-state index contributed by atoms with van der Waals surface area (Å²) in [5.74, 6) is 0.971. The molecule has 0 saturated carbocycles. The number of ether oxygens (including phenoxy) is 2. The van der Waals surface area contributed by atoms with Crippen molar-refractivity contribution < 1.29 is 9.47 Å². The van der Waals surface area contributed by atoms with E-state index in [0.717, 1.165) is 29.7 Å². The molecule has 0 fully saturated rings. The summed E-state index contributed by atoms with van der Waals surface area (Å²) in [6.45, 7) is 6.01. The van der Waals surface area contributed by atoms with Crippen molar-refractivity contribution in [1.82, 2.24) is 10.2 Å². The second kappa shape index (κ2) is 7.25. The van der Waals surface area contributed by atoms with Crippen LogP contribution in [0, 0.1) is 25.4 Å². The lowest BCUT2D eigenvalue weighted by atomic mass is 9.84. The van der Waals surface area contributed by atoms with Crippen molar-refractivity contribution in [2.45, 2.75) is 12.8 Å². The second-order valence-electron chi connectivity index (χ2n) is 5.41. The number of hydrogen-bond donors (Lipinski definition) is 2. The predicted octanol–water partition coefficient (Wildman–Crippen LogP) is 3.71. The van der Waals surface area contributed by atoms with Gasteiger partial charge in [0.15, 0.2) is 0 Å². The minimum Gasteiger partial charge on any atom is -0.487 e. The zero-order valence-electron chi connectivity index (χ0n) is 13.3. The molecule has 0 saturated heterocycles. The molecule has 0 radical (unpaired) electrons. The van der Waals surface area contributed by atoms with Crippen LogP contribution in [-0.4, -0.2) is 16.8 Å². The number of H-pyrrole nitrogens is 1. The smallest absolute Gasteiger partial charge is 0.244 e. The fourth-order valence-corrected chi connectivity index (χ4v) is 4.89. The fourth-order valence-electron chi connectivity index (χ4n) is 2.76. The Labute approximate surface area is 172 Å². The molecule has 0 aliphatic carbocycles. The van der Waals surface area contributed by atoms with E-state index >= 15 is 0 Å². The highest BCUT2D eigenvalue weighted by atomic mass is 127. The summed E-state index contributed by atoms with van der Waals surface area (Å²) in [4.78, 5) is 0. The Morgan fingerprint density at radius 3 is 2.76 bits per heavy atom. The van der Waals surface area contributed by atoms with Gasteiger partial charge in [0, 0.05) is 11.3 Å².